The maximum atomic E-state index is 5.47. The van der Waals surface area contributed by atoms with Crippen LogP contribution in [0.4, 0.5) is 0 Å². The van der Waals surface area contributed by atoms with Crippen molar-refractivity contribution >= 4 is 15.9 Å². The zero-order chi connectivity index (χ0) is 13.0. The molecule has 0 aliphatic carbocycles. The Hall–Kier alpha value is -0.390. The van der Waals surface area contributed by atoms with Crippen LogP contribution in [0.15, 0.2) is 10.7 Å². The molecule has 1 aromatic heterocycles. The van der Waals surface area contributed by atoms with Gasteiger partial charge in [0.05, 0.1) is 22.4 Å². The largest absolute Gasteiger partial charge is 0.381 e. The lowest BCUT2D eigenvalue weighted by molar-refractivity contribution is 0.0525. The Balaban J connectivity index is 2.18. The van der Waals surface area contributed by atoms with E-state index in [1.54, 1.807) is 0 Å². The van der Waals surface area contributed by atoms with E-state index in [-0.39, 0.29) is 0 Å². The Kier molecular flexibility index (Phi) is 5.21. The molecule has 0 amide bonds. The highest BCUT2D eigenvalue weighted by Crippen LogP contribution is 2.33. The topological polar surface area (TPSA) is 39.1 Å². The molecule has 1 N–H and O–H groups in total. The first-order valence-electron chi connectivity index (χ1n) is 6.72. The van der Waals surface area contributed by atoms with Crippen molar-refractivity contribution in [2.75, 3.05) is 19.8 Å². The van der Waals surface area contributed by atoms with Gasteiger partial charge in [-0.3, -0.25) is 4.68 Å². The number of hydrogen-bond donors (Lipinski definition) is 1. The number of aromatic nitrogens is 2. The highest BCUT2D eigenvalue weighted by atomic mass is 79.9. The van der Waals surface area contributed by atoms with Gasteiger partial charge in [0.2, 0.25) is 0 Å². The van der Waals surface area contributed by atoms with Crippen molar-refractivity contribution in [2.45, 2.75) is 32.2 Å². The van der Waals surface area contributed by atoms with Crippen LogP contribution in [0.3, 0.4) is 0 Å². The molecule has 0 bridgehead atoms. The van der Waals surface area contributed by atoms with Gasteiger partial charge in [-0.15, -0.1) is 0 Å². The molecule has 18 heavy (non-hydrogen) atoms. The summed E-state index contributed by atoms with van der Waals surface area (Å²) in [6.07, 6.45) is 5.28. The Morgan fingerprint density at radius 1 is 1.56 bits per heavy atom. The van der Waals surface area contributed by atoms with Gasteiger partial charge in [-0.1, -0.05) is 6.92 Å². The van der Waals surface area contributed by atoms with Crippen molar-refractivity contribution in [1.29, 1.82) is 0 Å². The van der Waals surface area contributed by atoms with Crippen molar-refractivity contribution < 1.29 is 4.74 Å². The highest BCUT2D eigenvalue weighted by molar-refractivity contribution is 9.10. The highest BCUT2D eigenvalue weighted by Gasteiger charge is 2.28. The first-order chi connectivity index (χ1) is 8.74. The van der Waals surface area contributed by atoms with E-state index in [0.717, 1.165) is 43.5 Å². The van der Waals surface area contributed by atoms with E-state index in [1.807, 2.05) is 17.9 Å². The minimum Gasteiger partial charge on any atom is -0.381 e. The van der Waals surface area contributed by atoms with Gasteiger partial charge in [-0.05, 0) is 47.7 Å². The standard InChI is InChI=1S/C13H22BrN3O/c1-3-6-15-12(10-4-7-18-8-5-10)13-11(14)9-16-17(13)2/h9-10,12,15H,3-8H2,1-2H3. The molecule has 4 nitrogen and oxygen atoms in total. The molecule has 0 spiro atoms. The monoisotopic (exact) mass is 315 g/mol. The molecule has 1 saturated heterocycles. The smallest absolute Gasteiger partial charge is 0.0695 e. The molecular formula is C13H22BrN3O. The first kappa shape index (κ1) is 14.0. The van der Waals surface area contributed by atoms with Crippen LogP contribution in [0.1, 0.15) is 37.9 Å². The lowest BCUT2D eigenvalue weighted by Crippen LogP contribution is -2.34. The Labute approximate surface area is 117 Å². The van der Waals surface area contributed by atoms with E-state index in [9.17, 15) is 0 Å². The Morgan fingerprint density at radius 2 is 2.28 bits per heavy atom. The molecule has 1 aliphatic rings. The summed E-state index contributed by atoms with van der Waals surface area (Å²) in [5.74, 6) is 0.636. The summed E-state index contributed by atoms with van der Waals surface area (Å²) in [6, 6.07) is 0.371. The zero-order valence-corrected chi connectivity index (χ0v) is 12.7. The number of hydrogen-bond acceptors (Lipinski definition) is 3. The van der Waals surface area contributed by atoms with Gasteiger partial charge in [-0.25, -0.2) is 0 Å². The predicted octanol–water partition coefficient (Wildman–Crippen LogP) is 2.65. The maximum absolute atomic E-state index is 5.47. The van der Waals surface area contributed by atoms with E-state index in [2.05, 4.69) is 33.3 Å². The second-order valence-electron chi connectivity index (χ2n) is 4.88. The lowest BCUT2D eigenvalue weighted by atomic mass is 9.89. The Morgan fingerprint density at radius 3 is 2.83 bits per heavy atom. The number of rotatable bonds is 5. The van der Waals surface area contributed by atoms with E-state index in [4.69, 9.17) is 4.74 Å². The second-order valence-corrected chi connectivity index (χ2v) is 5.74. The van der Waals surface area contributed by atoms with Gasteiger partial charge in [0.15, 0.2) is 0 Å². The number of aryl methyl sites for hydroxylation is 1. The molecule has 1 fully saturated rings. The quantitative estimate of drug-likeness (QED) is 0.908. The molecule has 1 aliphatic heterocycles. The van der Waals surface area contributed by atoms with Crippen LogP contribution in [0.25, 0.3) is 0 Å². The van der Waals surface area contributed by atoms with Gasteiger partial charge < -0.3 is 10.1 Å². The number of nitrogens with one attached hydrogen (secondary N) is 1. The molecule has 2 rings (SSSR count). The van der Waals surface area contributed by atoms with Crippen molar-refractivity contribution in [2.24, 2.45) is 13.0 Å². The van der Waals surface area contributed by atoms with Crippen LogP contribution in [0.2, 0.25) is 0 Å². The third-order valence-corrected chi connectivity index (χ3v) is 4.19. The fourth-order valence-corrected chi connectivity index (χ4v) is 3.20. The van der Waals surface area contributed by atoms with Crippen LogP contribution in [0, 0.1) is 5.92 Å². The van der Waals surface area contributed by atoms with Crippen molar-refractivity contribution in [3.05, 3.63) is 16.4 Å². The van der Waals surface area contributed by atoms with Crippen LogP contribution in [-0.2, 0) is 11.8 Å². The lowest BCUT2D eigenvalue weighted by Gasteiger charge is -2.31. The molecule has 102 valence electrons. The van der Waals surface area contributed by atoms with E-state index in [0.29, 0.717) is 12.0 Å². The summed E-state index contributed by atoms with van der Waals surface area (Å²) >= 11 is 3.62. The summed E-state index contributed by atoms with van der Waals surface area (Å²) < 4.78 is 8.55. The number of halogens is 1. The summed E-state index contributed by atoms with van der Waals surface area (Å²) in [4.78, 5) is 0. The third kappa shape index (κ3) is 3.13. The van der Waals surface area contributed by atoms with Crippen molar-refractivity contribution in [3.8, 4) is 0 Å². The van der Waals surface area contributed by atoms with Gasteiger partial charge in [0.25, 0.3) is 0 Å². The average Bonchev–Trinajstić information content (AvgIpc) is 2.72. The summed E-state index contributed by atoms with van der Waals surface area (Å²) in [6.45, 7) is 5.00. The SMILES string of the molecule is CCCNC(c1c(Br)cnn1C)C1CCOCC1. The summed E-state index contributed by atoms with van der Waals surface area (Å²) in [5, 5.41) is 8.02. The molecule has 1 atom stereocenters. The molecule has 0 aromatic carbocycles. The minimum atomic E-state index is 0.371. The van der Waals surface area contributed by atoms with Crippen molar-refractivity contribution in [1.82, 2.24) is 15.1 Å². The molecular weight excluding hydrogens is 294 g/mol. The molecule has 0 saturated carbocycles. The Bertz CT molecular complexity index is 355. The minimum absolute atomic E-state index is 0.371. The first-order valence-corrected chi connectivity index (χ1v) is 7.51. The van der Waals surface area contributed by atoms with Crippen LogP contribution < -0.4 is 5.32 Å². The van der Waals surface area contributed by atoms with Crippen LogP contribution in [-0.4, -0.2) is 29.5 Å². The van der Waals surface area contributed by atoms with Gasteiger partial charge in [0.1, 0.15) is 0 Å². The average molecular weight is 316 g/mol. The summed E-state index contributed by atoms with van der Waals surface area (Å²) in [7, 11) is 2.01. The van der Waals surface area contributed by atoms with E-state index in [1.165, 1.54) is 5.69 Å². The van der Waals surface area contributed by atoms with Crippen LogP contribution >= 0.6 is 15.9 Å². The van der Waals surface area contributed by atoms with Gasteiger partial charge in [0, 0.05) is 20.3 Å². The van der Waals surface area contributed by atoms with E-state index >= 15 is 0 Å². The molecule has 1 aromatic rings. The fourth-order valence-electron chi connectivity index (χ4n) is 2.61. The van der Waals surface area contributed by atoms with Crippen molar-refractivity contribution in [3.63, 3.8) is 0 Å². The van der Waals surface area contributed by atoms with E-state index < -0.39 is 0 Å². The molecule has 5 heteroatoms. The molecule has 0 radical (unpaired) electrons. The fraction of sp³-hybridized carbons (Fsp3) is 0.769. The third-order valence-electron chi connectivity index (χ3n) is 3.58. The summed E-state index contributed by atoms with van der Waals surface area (Å²) in [5.41, 5.74) is 1.26. The van der Waals surface area contributed by atoms with Gasteiger partial charge >= 0.3 is 0 Å². The van der Waals surface area contributed by atoms with Crippen LogP contribution in [0.5, 0.6) is 0 Å². The van der Waals surface area contributed by atoms with Gasteiger partial charge in [-0.2, -0.15) is 5.10 Å². The molecule has 2 heterocycles. The second kappa shape index (κ2) is 6.68. The zero-order valence-electron chi connectivity index (χ0n) is 11.2. The normalized spacial score (nSPS) is 19.1. The number of nitrogens with zero attached hydrogens (tertiary/aromatic N) is 2. The maximum Gasteiger partial charge on any atom is 0.0695 e. The predicted molar refractivity (Wildman–Crippen MR) is 75.5 cm³/mol. The molecule has 1 unspecified atom stereocenters. The number of ether oxygens (including phenoxy) is 1.